The second kappa shape index (κ2) is 6.92. The van der Waals surface area contributed by atoms with E-state index in [9.17, 15) is 9.59 Å². The average molecular weight is 285 g/mol. The lowest BCUT2D eigenvalue weighted by molar-refractivity contribution is -0.129. The number of amides is 2. The summed E-state index contributed by atoms with van der Waals surface area (Å²) in [6.07, 6.45) is 1.69. The van der Waals surface area contributed by atoms with Crippen LogP contribution in [-0.4, -0.2) is 60.6 Å². The molecule has 0 aromatic carbocycles. The molecular weight excluding hydrogens is 258 g/mol. The molecule has 6 nitrogen and oxygen atoms in total. The highest BCUT2D eigenvalue weighted by Gasteiger charge is 2.28. The quantitative estimate of drug-likeness (QED) is 0.841. The summed E-state index contributed by atoms with van der Waals surface area (Å²) in [5.74, 6) is 0.219. The number of piperidine rings is 1. The third-order valence-corrected chi connectivity index (χ3v) is 3.30. The summed E-state index contributed by atoms with van der Waals surface area (Å²) in [6, 6.07) is 0. The van der Waals surface area contributed by atoms with Gasteiger partial charge < -0.3 is 20.3 Å². The topological polar surface area (TPSA) is 75.9 Å². The number of nitrogens with two attached hydrogens (primary N) is 1. The fourth-order valence-corrected chi connectivity index (χ4v) is 2.35. The van der Waals surface area contributed by atoms with Crippen LogP contribution in [0.3, 0.4) is 0 Å². The highest BCUT2D eigenvalue weighted by atomic mass is 16.6. The van der Waals surface area contributed by atoms with Crippen molar-refractivity contribution in [1.29, 1.82) is 0 Å². The summed E-state index contributed by atoms with van der Waals surface area (Å²) in [5, 5.41) is 0. The summed E-state index contributed by atoms with van der Waals surface area (Å²) in [4.78, 5) is 26.9. The van der Waals surface area contributed by atoms with E-state index >= 15 is 0 Å². The van der Waals surface area contributed by atoms with E-state index < -0.39 is 5.60 Å². The van der Waals surface area contributed by atoms with Gasteiger partial charge in [-0.25, -0.2) is 4.79 Å². The minimum Gasteiger partial charge on any atom is -0.444 e. The van der Waals surface area contributed by atoms with Gasteiger partial charge in [0.15, 0.2) is 0 Å². The van der Waals surface area contributed by atoms with Crippen molar-refractivity contribution < 1.29 is 14.3 Å². The van der Waals surface area contributed by atoms with E-state index in [2.05, 4.69) is 0 Å². The van der Waals surface area contributed by atoms with Crippen LogP contribution in [0.5, 0.6) is 0 Å². The van der Waals surface area contributed by atoms with E-state index in [0.29, 0.717) is 13.1 Å². The molecular formula is C14H27N3O3. The number of likely N-dealkylation sites (N-methyl/N-ethyl adjacent to an activating group) is 1. The largest absolute Gasteiger partial charge is 0.444 e. The van der Waals surface area contributed by atoms with Crippen molar-refractivity contribution in [3.63, 3.8) is 0 Å². The van der Waals surface area contributed by atoms with Gasteiger partial charge in [0, 0.05) is 26.7 Å². The Bertz CT molecular complexity index is 352. The smallest absolute Gasteiger partial charge is 0.410 e. The first-order valence-corrected chi connectivity index (χ1v) is 7.15. The van der Waals surface area contributed by atoms with Gasteiger partial charge in [0.25, 0.3) is 0 Å². The molecule has 1 heterocycles. The van der Waals surface area contributed by atoms with E-state index in [0.717, 1.165) is 19.4 Å². The molecule has 0 spiro atoms. The van der Waals surface area contributed by atoms with Crippen molar-refractivity contribution in [3.8, 4) is 0 Å². The lowest BCUT2D eigenvalue weighted by atomic mass is 9.98. The molecule has 1 fully saturated rings. The summed E-state index contributed by atoms with van der Waals surface area (Å²) in [7, 11) is 1.75. The molecule has 0 aliphatic carbocycles. The van der Waals surface area contributed by atoms with Gasteiger partial charge in [-0.15, -0.1) is 0 Å². The molecule has 1 aliphatic rings. The van der Waals surface area contributed by atoms with Gasteiger partial charge in [-0.2, -0.15) is 0 Å². The Hall–Kier alpha value is -1.30. The van der Waals surface area contributed by atoms with E-state index in [-0.39, 0.29) is 24.5 Å². The monoisotopic (exact) mass is 285 g/mol. The predicted molar refractivity (Wildman–Crippen MR) is 77.2 cm³/mol. The van der Waals surface area contributed by atoms with Gasteiger partial charge >= 0.3 is 6.09 Å². The van der Waals surface area contributed by atoms with Crippen molar-refractivity contribution in [3.05, 3.63) is 0 Å². The zero-order valence-electron chi connectivity index (χ0n) is 13.0. The molecule has 1 saturated heterocycles. The van der Waals surface area contributed by atoms with Gasteiger partial charge in [0.1, 0.15) is 5.60 Å². The maximum absolute atomic E-state index is 12.0. The van der Waals surface area contributed by atoms with Gasteiger partial charge in [-0.05, 0) is 39.5 Å². The van der Waals surface area contributed by atoms with Gasteiger partial charge in [0.2, 0.25) is 5.91 Å². The Labute approximate surface area is 121 Å². The zero-order valence-corrected chi connectivity index (χ0v) is 13.0. The molecule has 2 amide bonds. The first-order valence-electron chi connectivity index (χ1n) is 7.15. The van der Waals surface area contributed by atoms with Gasteiger partial charge in [-0.3, -0.25) is 4.79 Å². The highest BCUT2D eigenvalue weighted by molar-refractivity contribution is 5.77. The standard InChI is InChI=1S/C14H27N3O3/c1-14(2,3)20-13(19)17-7-5-6-11(10-17)9-16(4)12(18)8-15/h11H,5-10,15H2,1-4H3/t11-/m1/s1. The number of carbonyl (C=O) groups is 2. The maximum atomic E-state index is 12.0. The van der Waals surface area contributed by atoms with Crippen molar-refractivity contribution in [1.82, 2.24) is 9.80 Å². The second-order valence-corrected chi connectivity index (χ2v) is 6.41. The molecule has 1 rings (SSSR count). The zero-order chi connectivity index (χ0) is 15.3. The lowest BCUT2D eigenvalue weighted by Gasteiger charge is -2.35. The third-order valence-electron chi connectivity index (χ3n) is 3.30. The highest BCUT2D eigenvalue weighted by Crippen LogP contribution is 2.20. The molecule has 0 radical (unpaired) electrons. The fraction of sp³-hybridized carbons (Fsp3) is 0.857. The molecule has 20 heavy (non-hydrogen) atoms. The van der Waals surface area contributed by atoms with Crippen LogP contribution in [0.4, 0.5) is 4.79 Å². The predicted octanol–water partition coefficient (Wildman–Crippen LogP) is 1.05. The number of rotatable bonds is 3. The Kier molecular flexibility index (Phi) is 5.80. The Morgan fingerprint density at radius 1 is 1.40 bits per heavy atom. The van der Waals surface area contributed by atoms with E-state index in [1.807, 2.05) is 20.8 Å². The minimum atomic E-state index is -0.476. The number of hydrogen-bond donors (Lipinski definition) is 1. The van der Waals surface area contributed by atoms with Crippen LogP contribution in [0, 0.1) is 5.92 Å². The number of nitrogens with zero attached hydrogens (tertiary/aromatic N) is 2. The van der Waals surface area contributed by atoms with E-state index in [4.69, 9.17) is 10.5 Å². The van der Waals surface area contributed by atoms with Crippen molar-refractivity contribution in [2.75, 3.05) is 33.2 Å². The Morgan fingerprint density at radius 2 is 2.05 bits per heavy atom. The number of hydrogen-bond acceptors (Lipinski definition) is 4. The first-order chi connectivity index (χ1) is 9.23. The summed E-state index contributed by atoms with van der Waals surface area (Å²) < 4.78 is 5.39. The molecule has 0 saturated carbocycles. The van der Waals surface area contributed by atoms with Crippen LogP contribution < -0.4 is 5.73 Å². The van der Waals surface area contributed by atoms with Crippen LogP contribution in [0.2, 0.25) is 0 Å². The molecule has 1 aliphatic heterocycles. The van der Waals surface area contributed by atoms with Gasteiger partial charge in [0.05, 0.1) is 6.54 Å². The molecule has 6 heteroatoms. The molecule has 0 unspecified atom stereocenters. The van der Waals surface area contributed by atoms with Crippen LogP contribution in [-0.2, 0) is 9.53 Å². The van der Waals surface area contributed by atoms with Crippen molar-refractivity contribution in [2.45, 2.75) is 39.2 Å². The van der Waals surface area contributed by atoms with Crippen molar-refractivity contribution in [2.24, 2.45) is 11.7 Å². The molecule has 116 valence electrons. The van der Waals surface area contributed by atoms with E-state index in [1.165, 1.54) is 0 Å². The maximum Gasteiger partial charge on any atom is 0.410 e. The normalized spacial score (nSPS) is 19.6. The number of ether oxygens (including phenoxy) is 1. The fourth-order valence-electron chi connectivity index (χ4n) is 2.35. The van der Waals surface area contributed by atoms with E-state index in [1.54, 1.807) is 16.8 Å². The number of carbonyl (C=O) groups excluding carboxylic acids is 2. The van der Waals surface area contributed by atoms with Crippen LogP contribution >= 0.6 is 0 Å². The lowest BCUT2D eigenvalue weighted by Crippen LogP contribution is -2.46. The molecule has 0 aromatic rings. The summed E-state index contributed by atoms with van der Waals surface area (Å²) in [5.41, 5.74) is 4.87. The SMILES string of the molecule is CN(C[C@H]1CCCN(C(=O)OC(C)(C)C)C1)C(=O)CN. The molecule has 1 atom stereocenters. The molecule has 0 bridgehead atoms. The second-order valence-electron chi connectivity index (χ2n) is 6.41. The van der Waals surface area contributed by atoms with Crippen LogP contribution in [0.15, 0.2) is 0 Å². The van der Waals surface area contributed by atoms with Crippen LogP contribution in [0.25, 0.3) is 0 Å². The molecule has 2 N–H and O–H groups in total. The molecule has 0 aromatic heterocycles. The number of likely N-dealkylation sites (tertiary alicyclic amines) is 1. The van der Waals surface area contributed by atoms with Crippen LogP contribution in [0.1, 0.15) is 33.6 Å². The average Bonchev–Trinajstić information content (AvgIpc) is 2.36. The summed E-state index contributed by atoms with van der Waals surface area (Å²) in [6.45, 7) is 7.60. The summed E-state index contributed by atoms with van der Waals surface area (Å²) >= 11 is 0. The first kappa shape index (κ1) is 16.8. The Balaban J connectivity index is 2.50. The Morgan fingerprint density at radius 3 is 2.60 bits per heavy atom. The minimum absolute atomic E-state index is 0.0268. The third kappa shape index (κ3) is 5.36. The van der Waals surface area contributed by atoms with Gasteiger partial charge in [-0.1, -0.05) is 0 Å². The van der Waals surface area contributed by atoms with Crippen molar-refractivity contribution >= 4 is 12.0 Å².